The third-order valence-electron chi connectivity index (χ3n) is 3.19. The van der Waals surface area contributed by atoms with Gasteiger partial charge in [0.2, 0.25) is 0 Å². The Morgan fingerprint density at radius 3 is 2.41 bits per heavy atom. The summed E-state index contributed by atoms with van der Waals surface area (Å²) in [5, 5.41) is 0. The molecule has 2 N–H and O–H groups in total. The van der Waals surface area contributed by atoms with Crippen LogP contribution in [0.25, 0.3) is 0 Å². The molecular formula is C16H21N3O2S. The van der Waals surface area contributed by atoms with Crippen molar-refractivity contribution >= 4 is 10.2 Å². The van der Waals surface area contributed by atoms with Crippen LogP contribution in [-0.4, -0.2) is 19.9 Å². The van der Waals surface area contributed by atoms with Gasteiger partial charge in [0.05, 0.1) is 0 Å². The van der Waals surface area contributed by atoms with E-state index in [-0.39, 0.29) is 0 Å². The van der Waals surface area contributed by atoms with Gasteiger partial charge in [0.1, 0.15) is 0 Å². The summed E-state index contributed by atoms with van der Waals surface area (Å²) in [7, 11) is -3.44. The molecule has 0 radical (unpaired) electrons. The fourth-order valence-electron chi connectivity index (χ4n) is 2.01. The van der Waals surface area contributed by atoms with E-state index in [1.807, 2.05) is 48.5 Å². The lowest BCUT2D eigenvalue weighted by Gasteiger charge is -2.08. The smallest absolute Gasteiger partial charge is 0.261 e. The van der Waals surface area contributed by atoms with Crippen LogP contribution in [0, 0.1) is 0 Å². The second-order valence-corrected chi connectivity index (χ2v) is 6.57. The Bertz CT molecular complexity index is 646. The summed E-state index contributed by atoms with van der Waals surface area (Å²) in [5.41, 5.74) is 1.97. The molecular weight excluding hydrogens is 298 g/mol. The SMILES string of the molecule is O=S(=O)(NCCCCc1ccccn1)NCc1ccccc1. The Balaban J connectivity index is 1.63. The van der Waals surface area contributed by atoms with Crippen molar-refractivity contribution in [3.8, 4) is 0 Å². The van der Waals surface area contributed by atoms with E-state index < -0.39 is 10.2 Å². The van der Waals surface area contributed by atoms with Gasteiger partial charge >= 0.3 is 0 Å². The number of rotatable bonds is 9. The fourth-order valence-corrected chi connectivity index (χ4v) is 2.88. The number of aryl methyl sites for hydroxylation is 1. The van der Waals surface area contributed by atoms with E-state index in [4.69, 9.17) is 0 Å². The van der Waals surface area contributed by atoms with Crippen molar-refractivity contribution in [3.05, 3.63) is 66.0 Å². The van der Waals surface area contributed by atoms with Crippen LogP contribution in [0.15, 0.2) is 54.7 Å². The molecule has 2 rings (SSSR count). The summed E-state index contributed by atoms with van der Waals surface area (Å²) < 4.78 is 28.7. The molecule has 22 heavy (non-hydrogen) atoms. The third-order valence-corrected chi connectivity index (χ3v) is 4.30. The highest BCUT2D eigenvalue weighted by Gasteiger charge is 2.07. The van der Waals surface area contributed by atoms with Crippen LogP contribution in [0.4, 0.5) is 0 Å². The molecule has 118 valence electrons. The first-order valence-corrected chi connectivity index (χ1v) is 8.82. The zero-order chi connectivity index (χ0) is 15.7. The number of benzene rings is 1. The third kappa shape index (κ3) is 6.34. The quantitative estimate of drug-likeness (QED) is 0.695. The van der Waals surface area contributed by atoms with Gasteiger partial charge in [0.25, 0.3) is 10.2 Å². The number of unbranched alkanes of at least 4 members (excludes halogenated alkanes) is 1. The largest absolute Gasteiger partial charge is 0.277 e. The Morgan fingerprint density at radius 1 is 0.909 bits per heavy atom. The summed E-state index contributed by atoms with van der Waals surface area (Å²) in [5.74, 6) is 0. The molecule has 0 aliphatic heterocycles. The maximum Gasteiger partial charge on any atom is 0.277 e. The molecule has 1 aromatic heterocycles. The molecule has 0 fully saturated rings. The lowest BCUT2D eigenvalue weighted by Crippen LogP contribution is -2.36. The second kappa shape index (κ2) is 8.63. The normalized spacial score (nSPS) is 11.5. The first-order chi connectivity index (χ1) is 10.7. The van der Waals surface area contributed by atoms with Gasteiger partial charge in [-0.15, -0.1) is 0 Å². The van der Waals surface area contributed by atoms with Gasteiger partial charge in [0.15, 0.2) is 0 Å². The topological polar surface area (TPSA) is 71.1 Å². The summed E-state index contributed by atoms with van der Waals surface area (Å²) in [6, 6.07) is 15.3. The summed E-state index contributed by atoms with van der Waals surface area (Å²) >= 11 is 0. The van der Waals surface area contributed by atoms with Gasteiger partial charge in [-0.1, -0.05) is 36.4 Å². The average Bonchev–Trinajstić information content (AvgIpc) is 2.55. The molecule has 0 saturated carbocycles. The standard InChI is InChI=1S/C16H21N3O2S/c20-22(21,19-14-15-8-2-1-3-9-15)18-13-7-5-11-16-10-4-6-12-17-16/h1-4,6,8-10,12,18-19H,5,7,11,13-14H2. The van der Waals surface area contributed by atoms with E-state index in [0.717, 1.165) is 30.5 Å². The van der Waals surface area contributed by atoms with Crippen molar-refractivity contribution in [2.24, 2.45) is 0 Å². The first-order valence-electron chi connectivity index (χ1n) is 7.34. The zero-order valence-electron chi connectivity index (χ0n) is 12.4. The van der Waals surface area contributed by atoms with Gasteiger partial charge in [-0.05, 0) is 37.0 Å². The molecule has 5 nitrogen and oxygen atoms in total. The maximum absolute atomic E-state index is 11.8. The Labute approximate surface area is 132 Å². The zero-order valence-corrected chi connectivity index (χ0v) is 13.2. The second-order valence-electron chi connectivity index (χ2n) is 4.98. The number of pyridine rings is 1. The molecule has 2 aromatic rings. The van der Waals surface area contributed by atoms with E-state index in [1.165, 1.54) is 0 Å². The molecule has 0 unspecified atom stereocenters. The fraction of sp³-hybridized carbons (Fsp3) is 0.312. The van der Waals surface area contributed by atoms with Crippen LogP contribution in [-0.2, 0) is 23.2 Å². The lowest BCUT2D eigenvalue weighted by molar-refractivity contribution is 0.561. The predicted molar refractivity (Wildman–Crippen MR) is 87.4 cm³/mol. The molecule has 0 aliphatic rings. The van der Waals surface area contributed by atoms with Crippen molar-refractivity contribution in [3.63, 3.8) is 0 Å². The van der Waals surface area contributed by atoms with Crippen LogP contribution in [0.3, 0.4) is 0 Å². The molecule has 0 spiro atoms. The number of hydrogen-bond acceptors (Lipinski definition) is 3. The summed E-state index contributed by atoms with van der Waals surface area (Å²) in [6.07, 6.45) is 4.31. The van der Waals surface area contributed by atoms with Crippen LogP contribution in [0.5, 0.6) is 0 Å². The average molecular weight is 319 g/mol. The van der Waals surface area contributed by atoms with Crippen molar-refractivity contribution in [1.82, 2.24) is 14.4 Å². The minimum Gasteiger partial charge on any atom is -0.261 e. The van der Waals surface area contributed by atoms with Crippen LogP contribution in [0.2, 0.25) is 0 Å². The van der Waals surface area contributed by atoms with Crippen molar-refractivity contribution in [2.45, 2.75) is 25.8 Å². The molecule has 1 heterocycles. The molecule has 0 amide bonds. The molecule has 0 bridgehead atoms. The van der Waals surface area contributed by atoms with E-state index in [2.05, 4.69) is 14.4 Å². The summed E-state index contributed by atoms with van der Waals surface area (Å²) in [6.45, 7) is 0.723. The lowest BCUT2D eigenvalue weighted by atomic mass is 10.2. The predicted octanol–water partition coefficient (Wildman–Crippen LogP) is 2.03. The molecule has 0 saturated heterocycles. The highest BCUT2D eigenvalue weighted by molar-refractivity contribution is 7.87. The number of nitrogens with one attached hydrogen (secondary N) is 2. The molecule has 1 aromatic carbocycles. The van der Waals surface area contributed by atoms with Crippen molar-refractivity contribution < 1.29 is 8.42 Å². The van der Waals surface area contributed by atoms with E-state index in [1.54, 1.807) is 6.20 Å². The highest BCUT2D eigenvalue weighted by Crippen LogP contribution is 2.01. The van der Waals surface area contributed by atoms with Crippen molar-refractivity contribution in [1.29, 1.82) is 0 Å². The molecule has 0 atom stereocenters. The van der Waals surface area contributed by atoms with Crippen LogP contribution in [0.1, 0.15) is 24.1 Å². The first kappa shape index (κ1) is 16.6. The van der Waals surface area contributed by atoms with Gasteiger partial charge in [-0.3, -0.25) is 4.98 Å². The van der Waals surface area contributed by atoms with Crippen LogP contribution < -0.4 is 9.44 Å². The van der Waals surface area contributed by atoms with Gasteiger partial charge in [0, 0.05) is 25.0 Å². The van der Waals surface area contributed by atoms with E-state index >= 15 is 0 Å². The number of aromatic nitrogens is 1. The monoisotopic (exact) mass is 319 g/mol. The Kier molecular flexibility index (Phi) is 6.51. The Hall–Kier alpha value is -1.76. The summed E-state index contributed by atoms with van der Waals surface area (Å²) in [4.78, 5) is 4.24. The number of hydrogen-bond donors (Lipinski definition) is 2. The van der Waals surface area contributed by atoms with Gasteiger partial charge in [-0.25, -0.2) is 4.72 Å². The van der Waals surface area contributed by atoms with Crippen LogP contribution >= 0.6 is 0 Å². The molecule has 6 heteroatoms. The van der Waals surface area contributed by atoms with Gasteiger partial charge < -0.3 is 0 Å². The Morgan fingerprint density at radius 2 is 1.68 bits per heavy atom. The number of nitrogens with zero attached hydrogens (tertiary/aromatic N) is 1. The van der Waals surface area contributed by atoms with E-state index in [9.17, 15) is 8.42 Å². The minimum absolute atomic E-state index is 0.296. The van der Waals surface area contributed by atoms with Crippen molar-refractivity contribution in [2.75, 3.05) is 6.54 Å². The van der Waals surface area contributed by atoms with E-state index in [0.29, 0.717) is 13.1 Å². The minimum atomic E-state index is -3.44. The highest BCUT2D eigenvalue weighted by atomic mass is 32.2. The molecule has 0 aliphatic carbocycles. The van der Waals surface area contributed by atoms with Gasteiger partial charge in [-0.2, -0.15) is 13.1 Å². The maximum atomic E-state index is 11.8.